The number of nitrogens with zero attached hydrogens (tertiary/aromatic N) is 4. The van der Waals surface area contributed by atoms with Crippen molar-refractivity contribution in [2.75, 3.05) is 37.7 Å². The van der Waals surface area contributed by atoms with E-state index in [4.69, 9.17) is 9.84 Å². The summed E-state index contributed by atoms with van der Waals surface area (Å²) in [6.07, 6.45) is 3.20. The van der Waals surface area contributed by atoms with Crippen LogP contribution in [0, 0.1) is 0 Å². The average Bonchev–Trinajstić information content (AvgIpc) is 3.13. The minimum Gasteiger partial charge on any atom is -0.491 e. The first-order chi connectivity index (χ1) is 15.9. The first kappa shape index (κ1) is 21.8. The molecule has 5 rings (SSSR count). The van der Waals surface area contributed by atoms with Gasteiger partial charge < -0.3 is 9.84 Å². The Morgan fingerprint density at radius 1 is 1.15 bits per heavy atom. The molecule has 0 spiro atoms. The number of hydrogen-bond donors (Lipinski definition) is 1. The Morgan fingerprint density at radius 3 is 2.52 bits per heavy atom. The lowest BCUT2D eigenvalue weighted by molar-refractivity contribution is 0.0690. The van der Waals surface area contributed by atoms with Crippen LogP contribution in [0.15, 0.2) is 36.4 Å². The van der Waals surface area contributed by atoms with Gasteiger partial charge in [0.2, 0.25) is 0 Å². The second kappa shape index (κ2) is 8.75. The molecule has 174 valence electrons. The van der Waals surface area contributed by atoms with Crippen molar-refractivity contribution in [1.82, 2.24) is 19.7 Å². The van der Waals surface area contributed by atoms with Gasteiger partial charge >= 0.3 is 5.97 Å². The van der Waals surface area contributed by atoms with Crippen molar-refractivity contribution in [3.8, 4) is 11.4 Å². The van der Waals surface area contributed by atoms with E-state index in [1.165, 1.54) is 6.07 Å². The molecule has 2 aromatic heterocycles. The molecule has 10 heteroatoms. The molecule has 2 aliphatic rings. The number of carboxylic acids is 1. The van der Waals surface area contributed by atoms with Crippen LogP contribution in [0.5, 0.6) is 5.75 Å². The molecule has 3 aromatic rings. The Balaban J connectivity index is 1.50. The number of carbonyl (C=O) groups is 1. The molecule has 1 aromatic carbocycles. The van der Waals surface area contributed by atoms with Gasteiger partial charge in [-0.05, 0) is 25.0 Å². The van der Waals surface area contributed by atoms with Crippen LogP contribution in [0.4, 0.5) is 0 Å². The van der Waals surface area contributed by atoms with E-state index in [-0.39, 0.29) is 17.2 Å². The Bertz CT molecular complexity index is 1270. The van der Waals surface area contributed by atoms with Gasteiger partial charge in [0.15, 0.2) is 21.2 Å². The maximum atomic E-state index is 11.8. The molecule has 33 heavy (non-hydrogen) atoms. The molecule has 0 bridgehead atoms. The number of carboxylic acid groups (broad SMARTS) is 1. The highest BCUT2D eigenvalue weighted by atomic mass is 32.2. The number of hydrogen-bond acceptors (Lipinski definition) is 7. The average molecular weight is 471 g/mol. The molecular weight excluding hydrogens is 444 g/mol. The van der Waals surface area contributed by atoms with E-state index in [2.05, 4.69) is 9.88 Å². The Labute approximate surface area is 191 Å². The third kappa shape index (κ3) is 4.45. The first-order valence-corrected chi connectivity index (χ1v) is 13.0. The van der Waals surface area contributed by atoms with Crippen LogP contribution < -0.4 is 4.74 Å². The Hall–Kier alpha value is -2.98. The van der Waals surface area contributed by atoms with E-state index in [0.717, 1.165) is 36.0 Å². The quantitative estimate of drug-likeness (QED) is 0.560. The van der Waals surface area contributed by atoms with Gasteiger partial charge in [0, 0.05) is 31.6 Å². The van der Waals surface area contributed by atoms with Gasteiger partial charge in [0.05, 0.1) is 28.3 Å². The lowest BCUT2D eigenvalue weighted by atomic mass is 9.82. The third-order valence-corrected chi connectivity index (χ3v) is 8.05. The SMILES string of the molecule is O=C(O)c1cc(OCCN2CCS(=O)(=O)CC2)c2c(C3CCC3)nn(-c3ccccc3)c2n1. The van der Waals surface area contributed by atoms with E-state index in [9.17, 15) is 18.3 Å². The van der Waals surface area contributed by atoms with Gasteiger partial charge in [0.25, 0.3) is 0 Å². The van der Waals surface area contributed by atoms with Crippen LogP contribution >= 0.6 is 0 Å². The van der Waals surface area contributed by atoms with Gasteiger partial charge in [-0.15, -0.1) is 0 Å². The molecule has 0 unspecified atom stereocenters. The molecular formula is C23H26N4O5S. The van der Waals surface area contributed by atoms with Crippen LogP contribution in [-0.2, 0) is 9.84 Å². The van der Waals surface area contributed by atoms with Crippen LogP contribution in [-0.4, -0.2) is 76.9 Å². The molecule has 1 saturated carbocycles. The number of para-hydroxylation sites is 1. The van der Waals surface area contributed by atoms with Gasteiger partial charge in [-0.25, -0.2) is 22.9 Å². The monoisotopic (exact) mass is 470 g/mol. The number of pyridine rings is 1. The van der Waals surface area contributed by atoms with Crippen LogP contribution in [0.2, 0.25) is 0 Å². The molecule has 1 saturated heterocycles. The lowest BCUT2D eigenvalue weighted by Crippen LogP contribution is -2.42. The maximum absolute atomic E-state index is 11.8. The maximum Gasteiger partial charge on any atom is 0.354 e. The number of sulfone groups is 1. The Morgan fingerprint density at radius 2 is 1.88 bits per heavy atom. The van der Waals surface area contributed by atoms with Crippen molar-refractivity contribution < 1.29 is 23.1 Å². The molecule has 0 radical (unpaired) electrons. The number of fused-ring (bicyclic) bond motifs is 1. The van der Waals surface area contributed by atoms with Gasteiger partial charge in [0.1, 0.15) is 12.4 Å². The number of rotatable bonds is 7. The zero-order chi connectivity index (χ0) is 23.0. The molecule has 1 aliphatic carbocycles. The summed E-state index contributed by atoms with van der Waals surface area (Å²) in [5, 5.41) is 15.3. The topological polar surface area (TPSA) is 115 Å². The molecule has 9 nitrogen and oxygen atoms in total. The van der Waals surface area contributed by atoms with E-state index >= 15 is 0 Å². The number of aromatic nitrogens is 3. The summed E-state index contributed by atoms with van der Waals surface area (Å²) < 4.78 is 31.2. The number of benzene rings is 1. The zero-order valence-electron chi connectivity index (χ0n) is 18.2. The van der Waals surface area contributed by atoms with Crippen molar-refractivity contribution in [2.24, 2.45) is 0 Å². The van der Waals surface area contributed by atoms with Gasteiger partial charge in [-0.3, -0.25) is 4.90 Å². The Kier molecular flexibility index (Phi) is 5.79. The fourth-order valence-corrected chi connectivity index (χ4v) is 5.58. The predicted molar refractivity (Wildman–Crippen MR) is 123 cm³/mol. The molecule has 0 amide bonds. The smallest absolute Gasteiger partial charge is 0.354 e. The summed E-state index contributed by atoms with van der Waals surface area (Å²) in [7, 11) is -2.94. The van der Waals surface area contributed by atoms with E-state index in [0.29, 0.717) is 43.6 Å². The minimum absolute atomic E-state index is 0.0983. The zero-order valence-corrected chi connectivity index (χ0v) is 19.0. The standard InChI is InChI=1S/C23H26N4O5S/c28-23(29)18-15-19(32-12-9-26-10-13-33(30,31)14-11-26)20-21(16-5-4-6-16)25-27(22(20)24-18)17-7-2-1-3-8-17/h1-3,7-8,15-16H,4-6,9-14H2,(H,28,29). The van der Waals surface area contributed by atoms with Crippen molar-refractivity contribution in [1.29, 1.82) is 0 Å². The number of aromatic carboxylic acids is 1. The van der Waals surface area contributed by atoms with Crippen molar-refractivity contribution in [2.45, 2.75) is 25.2 Å². The second-order valence-electron chi connectivity index (χ2n) is 8.61. The molecule has 1 aliphatic heterocycles. The molecule has 0 atom stereocenters. The largest absolute Gasteiger partial charge is 0.491 e. The molecule has 3 heterocycles. The first-order valence-electron chi connectivity index (χ1n) is 11.2. The minimum atomic E-state index is -2.94. The summed E-state index contributed by atoms with van der Waals surface area (Å²) >= 11 is 0. The molecule has 2 fully saturated rings. The van der Waals surface area contributed by atoms with E-state index < -0.39 is 15.8 Å². The summed E-state index contributed by atoms with van der Waals surface area (Å²) in [5.41, 5.74) is 2.08. The van der Waals surface area contributed by atoms with Gasteiger partial charge in [-0.1, -0.05) is 24.6 Å². The van der Waals surface area contributed by atoms with E-state index in [1.54, 1.807) is 4.68 Å². The highest BCUT2D eigenvalue weighted by molar-refractivity contribution is 7.91. The summed E-state index contributed by atoms with van der Waals surface area (Å²) in [4.78, 5) is 18.3. The van der Waals surface area contributed by atoms with Gasteiger partial charge in [-0.2, -0.15) is 5.10 Å². The second-order valence-corrected chi connectivity index (χ2v) is 10.9. The highest BCUT2D eigenvalue weighted by Crippen LogP contribution is 2.42. The fourth-order valence-electron chi connectivity index (χ4n) is 4.31. The van der Waals surface area contributed by atoms with Crippen molar-refractivity contribution in [3.05, 3.63) is 47.8 Å². The van der Waals surface area contributed by atoms with Crippen molar-refractivity contribution >= 4 is 26.8 Å². The predicted octanol–water partition coefficient (Wildman–Crippen LogP) is 2.50. The summed E-state index contributed by atoms with van der Waals surface area (Å²) in [5.74, 6) is -0.0545. The fraction of sp³-hybridized carbons (Fsp3) is 0.435. The van der Waals surface area contributed by atoms with Crippen molar-refractivity contribution in [3.63, 3.8) is 0 Å². The van der Waals surface area contributed by atoms with E-state index in [1.807, 2.05) is 30.3 Å². The third-order valence-electron chi connectivity index (χ3n) is 6.44. The van der Waals surface area contributed by atoms with Crippen LogP contribution in [0.25, 0.3) is 16.7 Å². The van der Waals surface area contributed by atoms with Crippen LogP contribution in [0.3, 0.4) is 0 Å². The molecule has 1 N–H and O–H groups in total. The van der Waals surface area contributed by atoms with Crippen LogP contribution in [0.1, 0.15) is 41.4 Å². The summed E-state index contributed by atoms with van der Waals surface area (Å²) in [6.45, 7) is 1.85. The summed E-state index contributed by atoms with van der Waals surface area (Å²) in [6, 6.07) is 11.0. The normalized spacial score (nSPS) is 18.8. The lowest BCUT2D eigenvalue weighted by Gasteiger charge is -2.26. The number of ether oxygens (including phenoxy) is 1. The highest BCUT2D eigenvalue weighted by Gasteiger charge is 2.30.